The fourth-order valence-electron chi connectivity index (χ4n) is 1.86. The Balaban J connectivity index is 3.20. The van der Waals surface area contributed by atoms with Gasteiger partial charge < -0.3 is 19.6 Å². The number of ether oxygens (including phenoxy) is 2. The smallest absolute Gasteiger partial charge is 0.220 e. The second-order valence-corrected chi connectivity index (χ2v) is 5.57. The van der Waals surface area contributed by atoms with Crippen LogP contribution in [0.15, 0.2) is 0 Å². The van der Waals surface area contributed by atoms with E-state index >= 15 is 0 Å². The number of nitrogens with one attached hydrogen (secondary N) is 1. The van der Waals surface area contributed by atoms with Crippen molar-refractivity contribution in [3.8, 4) is 0 Å². The first kappa shape index (κ1) is 21.7. The zero-order chi connectivity index (χ0) is 17.3. The molecular formula is C17H31NO5. The molecule has 0 aliphatic heterocycles. The number of unbranched alkanes of at least 4 members (excludes halogenated alkanes) is 2. The fraction of sp³-hybridized carbons (Fsp3) is 0.824. The summed E-state index contributed by atoms with van der Waals surface area (Å²) in [5, 5.41) is 2.71. The van der Waals surface area contributed by atoms with E-state index < -0.39 is 0 Å². The molecule has 0 aliphatic rings. The zero-order valence-corrected chi connectivity index (χ0v) is 14.5. The fourth-order valence-corrected chi connectivity index (χ4v) is 1.86. The molecule has 0 unspecified atom stereocenters. The second-order valence-electron chi connectivity index (χ2n) is 5.57. The van der Waals surface area contributed by atoms with Crippen LogP contribution in [0, 0.1) is 0 Å². The highest BCUT2D eigenvalue weighted by molar-refractivity contribution is 5.83. The lowest BCUT2D eigenvalue weighted by atomic mass is 10.2. The number of ketones is 2. The molecule has 6 nitrogen and oxygen atoms in total. The lowest BCUT2D eigenvalue weighted by molar-refractivity contribution is -0.124. The number of carbonyl (C=O) groups is 3. The predicted octanol–water partition coefficient (Wildman–Crippen LogP) is 2.04. The summed E-state index contributed by atoms with van der Waals surface area (Å²) in [5.41, 5.74) is 0. The average molecular weight is 329 g/mol. The maximum absolute atomic E-state index is 11.3. The molecule has 0 aliphatic carbocycles. The molecule has 0 heterocycles. The Morgan fingerprint density at radius 3 is 2.22 bits per heavy atom. The van der Waals surface area contributed by atoms with E-state index in [0.29, 0.717) is 39.2 Å². The Bertz CT molecular complexity index is 344. The highest BCUT2D eigenvalue weighted by atomic mass is 16.5. The van der Waals surface area contributed by atoms with Crippen molar-refractivity contribution in [1.82, 2.24) is 5.32 Å². The van der Waals surface area contributed by atoms with Crippen molar-refractivity contribution in [1.29, 1.82) is 0 Å². The number of hydrogen-bond acceptors (Lipinski definition) is 5. The third-order valence-electron chi connectivity index (χ3n) is 3.14. The van der Waals surface area contributed by atoms with Crippen LogP contribution in [-0.4, -0.2) is 50.4 Å². The molecule has 1 amide bonds. The van der Waals surface area contributed by atoms with Gasteiger partial charge in [0.25, 0.3) is 0 Å². The Kier molecular flexibility index (Phi) is 14.8. The molecule has 0 aromatic carbocycles. The van der Waals surface area contributed by atoms with Crippen LogP contribution in [-0.2, 0) is 23.9 Å². The van der Waals surface area contributed by atoms with Crippen LogP contribution in [0.1, 0.15) is 58.8 Å². The van der Waals surface area contributed by atoms with E-state index in [1.54, 1.807) is 0 Å². The maximum atomic E-state index is 11.3. The average Bonchev–Trinajstić information content (AvgIpc) is 2.50. The summed E-state index contributed by atoms with van der Waals surface area (Å²) in [6.45, 7) is 5.90. The van der Waals surface area contributed by atoms with Crippen LogP contribution in [0.5, 0.6) is 0 Å². The summed E-state index contributed by atoms with van der Waals surface area (Å²) >= 11 is 0. The Labute approximate surface area is 139 Å². The molecular weight excluding hydrogens is 298 g/mol. The predicted molar refractivity (Wildman–Crippen MR) is 88.3 cm³/mol. The summed E-state index contributed by atoms with van der Waals surface area (Å²) < 4.78 is 10.7. The van der Waals surface area contributed by atoms with E-state index in [1.165, 1.54) is 6.92 Å². The van der Waals surface area contributed by atoms with Gasteiger partial charge in [-0.3, -0.25) is 9.59 Å². The van der Waals surface area contributed by atoms with Crippen molar-refractivity contribution < 1.29 is 23.9 Å². The summed E-state index contributed by atoms with van der Waals surface area (Å²) in [5.74, 6) is 0.0786. The Morgan fingerprint density at radius 2 is 1.57 bits per heavy atom. The first-order chi connectivity index (χ1) is 11.1. The molecule has 0 saturated heterocycles. The highest BCUT2D eigenvalue weighted by Crippen LogP contribution is 1.98. The lowest BCUT2D eigenvalue weighted by Crippen LogP contribution is -2.27. The van der Waals surface area contributed by atoms with Crippen LogP contribution in [0.3, 0.4) is 0 Å². The number of carbonyl (C=O) groups excluding carboxylic acids is 3. The molecule has 0 atom stereocenters. The van der Waals surface area contributed by atoms with E-state index in [1.807, 2.05) is 6.92 Å². The first-order valence-corrected chi connectivity index (χ1v) is 8.49. The summed E-state index contributed by atoms with van der Waals surface area (Å²) in [6, 6.07) is 0. The van der Waals surface area contributed by atoms with Gasteiger partial charge in [-0.25, -0.2) is 0 Å². The number of Topliss-reactive ketones (excluding diaryl/α,β-unsaturated/α-hetero) is 2. The topological polar surface area (TPSA) is 81.7 Å². The van der Waals surface area contributed by atoms with E-state index in [0.717, 1.165) is 25.7 Å². The molecule has 1 N–H and O–H groups in total. The van der Waals surface area contributed by atoms with Gasteiger partial charge in [0, 0.05) is 39.0 Å². The third kappa shape index (κ3) is 16.9. The van der Waals surface area contributed by atoms with Crippen molar-refractivity contribution >= 4 is 17.5 Å². The highest BCUT2D eigenvalue weighted by Gasteiger charge is 2.02. The van der Waals surface area contributed by atoms with Gasteiger partial charge >= 0.3 is 0 Å². The van der Waals surface area contributed by atoms with E-state index in [9.17, 15) is 14.4 Å². The van der Waals surface area contributed by atoms with Crippen LogP contribution < -0.4 is 5.32 Å². The van der Waals surface area contributed by atoms with Gasteiger partial charge in [0.15, 0.2) is 5.78 Å². The van der Waals surface area contributed by atoms with Crippen molar-refractivity contribution in [2.75, 3.05) is 33.0 Å². The minimum absolute atomic E-state index is 0.0232. The van der Waals surface area contributed by atoms with Crippen LogP contribution in [0.2, 0.25) is 0 Å². The Hall–Kier alpha value is -1.27. The van der Waals surface area contributed by atoms with Crippen molar-refractivity contribution in [2.45, 2.75) is 58.8 Å². The van der Waals surface area contributed by atoms with Crippen LogP contribution in [0.25, 0.3) is 0 Å². The van der Waals surface area contributed by atoms with Crippen molar-refractivity contribution in [3.63, 3.8) is 0 Å². The maximum Gasteiger partial charge on any atom is 0.220 e. The van der Waals surface area contributed by atoms with Gasteiger partial charge in [0.2, 0.25) is 5.91 Å². The van der Waals surface area contributed by atoms with E-state index in [2.05, 4.69) is 5.32 Å². The standard InChI is InChI=1S/C17H31NO5/c1-3-7-16(20)14-23-12-6-4-5-11-22-13-10-18-17(21)9-8-15(2)19/h3-14H2,1-2H3,(H,18,21). The number of amides is 1. The van der Waals surface area contributed by atoms with Crippen LogP contribution in [0.4, 0.5) is 0 Å². The quantitative estimate of drug-likeness (QED) is 0.438. The van der Waals surface area contributed by atoms with Gasteiger partial charge in [0.05, 0.1) is 6.61 Å². The normalized spacial score (nSPS) is 10.5. The molecule has 0 rings (SSSR count). The lowest BCUT2D eigenvalue weighted by Gasteiger charge is -2.06. The van der Waals surface area contributed by atoms with Gasteiger partial charge in [0.1, 0.15) is 12.4 Å². The number of rotatable bonds is 16. The largest absolute Gasteiger partial charge is 0.380 e. The monoisotopic (exact) mass is 329 g/mol. The molecule has 0 fully saturated rings. The van der Waals surface area contributed by atoms with Gasteiger partial charge in [-0.2, -0.15) is 0 Å². The van der Waals surface area contributed by atoms with Gasteiger partial charge in [-0.05, 0) is 32.6 Å². The second kappa shape index (κ2) is 15.6. The third-order valence-corrected chi connectivity index (χ3v) is 3.14. The first-order valence-electron chi connectivity index (χ1n) is 8.49. The molecule has 0 bridgehead atoms. The summed E-state index contributed by atoms with van der Waals surface area (Å²) in [7, 11) is 0. The number of hydrogen-bond donors (Lipinski definition) is 1. The molecule has 23 heavy (non-hydrogen) atoms. The minimum Gasteiger partial charge on any atom is -0.380 e. The van der Waals surface area contributed by atoms with Crippen molar-refractivity contribution in [2.24, 2.45) is 0 Å². The molecule has 0 aromatic rings. The molecule has 0 radical (unpaired) electrons. The van der Waals surface area contributed by atoms with Crippen molar-refractivity contribution in [3.05, 3.63) is 0 Å². The molecule has 134 valence electrons. The van der Waals surface area contributed by atoms with Crippen LogP contribution >= 0.6 is 0 Å². The SMILES string of the molecule is CCCC(=O)COCCCCCOCCNC(=O)CCC(C)=O. The summed E-state index contributed by atoms with van der Waals surface area (Å²) in [4.78, 5) is 33.2. The Morgan fingerprint density at radius 1 is 0.870 bits per heavy atom. The zero-order valence-electron chi connectivity index (χ0n) is 14.5. The minimum atomic E-state index is -0.112. The molecule has 0 saturated carbocycles. The summed E-state index contributed by atoms with van der Waals surface area (Å²) in [6.07, 6.45) is 4.85. The van der Waals surface area contributed by atoms with Gasteiger partial charge in [-0.15, -0.1) is 0 Å². The van der Waals surface area contributed by atoms with E-state index in [-0.39, 0.29) is 30.5 Å². The van der Waals surface area contributed by atoms with E-state index in [4.69, 9.17) is 9.47 Å². The molecule has 0 spiro atoms. The molecule has 6 heteroatoms. The molecule has 0 aromatic heterocycles. The van der Waals surface area contributed by atoms with Gasteiger partial charge in [-0.1, -0.05) is 6.92 Å².